The highest BCUT2D eigenvalue weighted by atomic mass is 32.2. The van der Waals surface area contributed by atoms with Gasteiger partial charge in [0.15, 0.2) is 4.32 Å². The smallest absolute Gasteiger partial charge is 0.270 e. The van der Waals surface area contributed by atoms with Crippen molar-refractivity contribution in [3.63, 3.8) is 0 Å². The van der Waals surface area contributed by atoms with Crippen molar-refractivity contribution >= 4 is 57.7 Å². The number of thiocarbonyl (C=S) groups is 1. The minimum absolute atomic E-state index is 0.131. The molecule has 0 spiro atoms. The van der Waals surface area contributed by atoms with Gasteiger partial charge in [0.05, 0.1) is 10.6 Å². The zero-order valence-electron chi connectivity index (χ0n) is 16.6. The average Bonchev–Trinajstić information content (AvgIpc) is 3.07. The minimum Gasteiger partial charge on any atom is -0.489 e. The maximum absolute atomic E-state index is 13.7. The Morgan fingerprint density at radius 1 is 1.10 bits per heavy atom. The number of amides is 1. The average molecular weight is 468 g/mol. The number of anilines is 1. The summed E-state index contributed by atoms with van der Waals surface area (Å²) in [6.45, 7) is 0.153. The van der Waals surface area contributed by atoms with E-state index in [2.05, 4.69) is 0 Å². The summed E-state index contributed by atoms with van der Waals surface area (Å²) in [5, 5.41) is 0. The van der Waals surface area contributed by atoms with E-state index in [1.54, 1.807) is 47.0 Å². The van der Waals surface area contributed by atoms with Gasteiger partial charge in [-0.15, -0.1) is 11.8 Å². The summed E-state index contributed by atoms with van der Waals surface area (Å²) >= 11 is 8.36. The van der Waals surface area contributed by atoms with E-state index in [4.69, 9.17) is 17.0 Å². The highest BCUT2D eigenvalue weighted by Gasteiger charge is 2.33. The number of rotatable bonds is 6. The lowest BCUT2D eigenvalue weighted by atomic mass is 10.2. The molecule has 1 saturated heterocycles. The highest BCUT2D eigenvalue weighted by molar-refractivity contribution is 8.27. The van der Waals surface area contributed by atoms with E-state index >= 15 is 0 Å². The minimum atomic E-state index is -0.288. The molecular weight excluding hydrogens is 449 g/mol. The molecule has 156 valence electrons. The number of benzene rings is 3. The molecule has 0 aliphatic carbocycles. The molecule has 31 heavy (non-hydrogen) atoms. The molecule has 0 unspecified atom stereocenters. The lowest BCUT2D eigenvalue weighted by molar-refractivity contribution is -0.113. The van der Waals surface area contributed by atoms with Crippen LogP contribution >= 0.6 is 35.7 Å². The monoisotopic (exact) mass is 467 g/mol. The molecule has 1 fully saturated rings. The van der Waals surface area contributed by atoms with Gasteiger partial charge in [0, 0.05) is 10.5 Å². The number of thioether (sulfide) groups is 2. The van der Waals surface area contributed by atoms with Crippen LogP contribution in [-0.4, -0.2) is 16.5 Å². The van der Waals surface area contributed by atoms with Crippen LogP contribution in [0.3, 0.4) is 0 Å². The Labute approximate surface area is 194 Å². The van der Waals surface area contributed by atoms with Crippen LogP contribution in [0.2, 0.25) is 0 Å². The lowest BCUT2D eigenvalue weighted by Gasteiger charge is -2.15. The van der Waals surface area contributed by atoms with E-state index in [9.17, 15) is 9.18 Å². The summed E-state index contributed by atoms with van der Waals surface area (Å²) in [7, 11) is 0. The zero-order valence-corrected chi connectivity index (χ0v) is 19.0. The lowest BCUT2D eigenvalue weighted by Crippen LogP contribution is -2.27. The van der Waals surface area contributed by atoms with Crippen molar-refractivity contribution in [3.05, 3.63) is 94.6 Å². The predicted molar refractivity (Wildman–Crippen MR) is 131 cm³/mol. The Kier molecular flexibility index (Phi) is 6.75. The fraction of sp³-hybridized carbons (Fsp3) is 0.0833. The van der Waals surface area contributed by atoms with Crippen molar-refractivity contribution in [2.45, 2.75) is 11.5 Å². The van der Waals surface area contributed by atoms with Crippen molar-refractivity contribution in [1.82, 2.24) is 0 Å². The second-order valence-electron chi connectivity index (χ2n) is 6.67. The Morgan fingerprint density at radius 2 is 1.87 bits per heavy atom. The topological polar surface area (TPSA) is 29.5 Å². The van der Waals surface area contributed by atoms with Gasteiger partial charge in [0.1, 0.15) is 18.2 Å². The molecule has 3 aromatic carbocycles. The van der Waals surface area contributed by atoms with Crippen molar-refractivity contribution in [1.29, 1.82) is 0 Å². The van der Waals surface area contributed by atoms with Crippen molar-refractivity contribution < 1.29 is 13.9 Å². The van der Waals surface area contributed by atoms with Crippen LogP contribution in [0.15, 0.2) is 82.6 Å². The van der Waals surface area contributed by atoms with Crippen LogP contribution in [0.25, 0.3) is 6.08 Å². The van der Waals surface area contributed by atoms with Crippen molar-refractivity contribution in [2.24, 2.45) is 0 Å². The summed E-state index contributed by atoms with van der Waals surface area (Å²) in [5.41, 5.74) is 2.13. The van der Waals surface area contributed by atoms with E-state index < -0.39 is 0 Å². The first kappa shape index (κ1) is 21.6. The zero-order chi connectivity index (χ0) is 21.8. The summed E-state index contributed by atoms with van der Waals surface area (Å²) in [6.07, 6.45) is 3.81. The number of ether oxygens (including phenoxy) is 1. The molecular formula is C24H18FNO2S3. The van der Waals surface area contributed by atoms with E-state index in [-0.39, 0.29) is 18.3 Å². The van der Waals surface area contributed by atoms with Crippen LogP contribution in [0, 0.1) is 5.82 Å². The second kappa shape index (κ2) is 9.68. The first-order chi connectivity index (χ1) is 15.0. The number of carbonyl (C=O) groups is 1. The number of hydrogen-bond acceptors (Lipinski definition) is 5. The normalized spacial score (nSPS) is 15.0. The van der Waals surface area contributed by atoms with Crippen LogP contribution in [0.4, 0.5) is 10.1 Å². The molecule has 1 heterocycles. The van der Waals surface area contributed by atoms with Crippen LogP contribution in [0.1, 0.15) is 11.1 Å². The molecule has 0 atom stereocenters. The second-order valence-corrected chi connectivity index (χ2v) is 9.22. The number of carbonyl (C=O) groups excluding carboxylic acids is 1. The van der Waals surface area contributed by atoms with Gasteiger partial charge in [-0.05, 0) is 54.3 Å². The molecule has 1 amide bonds. The first-order valence-corrected chi connectivity index (χ1v) is 11.9. The van der Waals surface area contributed by atoms with Gasteiger partial charge >= 0.3 is 0 Å². The molecule has 3 aromatic rings. The Morgan fingerprint density at radius 3 is 2.61 bits per heavy atom. The summed E-state index contributed by atoms with van der Waals surface area (Å²) in [5.74, 6) is 0.208. The molecule has 3 nitrogen and oxygen atoms in total. The summed E-state index contributed by atoms with van der Waals surface area (Å²) < 4.78 is 19.9. The van der Waals surface area contributed by atoms with Crippen LogP contribution in [0.5, 0.6) is 5.75 Å². The van der Waals surface area contributed by atoms with E-state index in [0.29, 0.717) is 20.5 Å². The molecule has 1 aliphatic rings. The van der Waals surface area contributed by atoms with Gasteiger partial charge in [0.25, 0.3) is 5.91 Å². The van der Waals surface area contributed by atoms with Gasteiger partial charge in [-0.1, -0.05) is 60.4 Å². The third-order valence-corrected chi connectivity index (χ3v) is 6.66. The van der Waals surface area contributed by atoms with Crippen LogP contribution < -0.4 is 9.64 Å². The number of halogens is 1. The van der Waals surface area contributed by atoms with Gasteiger partial charge in [-0.2, -0.15) is 0 Å². The van der Waals surface area contributed by atoms with Gasteiger partial charge in [-0.3, -0.25) is 9.69 Å². The Bertz CT molecular complexity index is 1160. The molecule has 0 bridgehead atoms. The van der Waals surface area contributed by atoms with Crippen LogP contribution in [-0.2, 0) is 11.4 Å². The Hall–Kier alpha value is -2.61. The largest absolute Gasteiger partial charge is 0.489 e. The molecule has 1 aliphatic heterocycles. The van der Waals surface area contributed by atoms with Gasteiger partial charge in [-0.25, -0.2) is 4.39 Å². The molecule has 0 N–H and O–H groups in total. The third kappa shape index (κ3) is 5.01. The first-order valence-electron chi connectivity index (χ1n) is 9.43. The van der Waals surface area contributed by atoms with Gasteiger partial charge < -0.3 is 4.74 Å². The number of hydrogen-bond donors (Lipinski definition) is 0. The fourth-order valence-corrected chi connectivity index (χ4v) is 4.78. The molecule has 4 rings (SSSR count). The standard InChI is InChI=1S/C24H18FNO2S3/c1-30-20-7-4-6-18(14-20)26-23(27)22(31-24(26)29)13-16-9-11-19(12-10-16)28-15-17-5-2-3-8-21(17)25/h2-14H,15H2,1H3/b22-13+. The highest BCUT2D eigenvalue weighted by Crippen LogP contribution is 2.37. The molecule has 0 aromatic heterocycles. The SMILES string of the molecule is CSc1cccc(N2C(=O)/C(=C\c3ccc(OCc4ccccc4F)cc3)SC2=S)c1. The molecule has 0 radical (unpaired) electrons. The number of nitrogens with zero attached hydrogens (tertiary/aromatic N) is 1. The fourth-order valence-electron chi connectivity index (χ4n) is 3.03. The van der Waals surface area contributed by atoms with Crippen molar-refractivity contribution in [2.75, 3.05) is 11.2 Å². The summed E-state index contributed by atoms with van der Waals surface area (Å²) in [4.78, 5) is 16.2. The third-order valence-electron chi connectivity index (χ3n) is 4.64. The maximum atomic E-state index is 13.7. The quantitative estimate of drug-likeness (QED) is 0.234. The maximum Gasteiger partial charge on any atom is 0.270 e. The van der Waals surface area contributed by atoms with E-state index in [1.807, 2.05) is 48.7 Å². The summed E-state index contributed by atoms with van der Waals surface area (Å²) in [6, 6.07) is 21.6. The van der Waals surface area contributed by atoms with Crippen molar-refractivity contribution in [3.8, 4) is 5.75 Å². The Balaban J connectivity index is 1.46. The van der Waals surface area contributed by atoms with E-state index in [0.717, 1.165) is 16.1 Å². The molecule has 0 saturated carbocycles. The molecule has 7 heteroatoms. The van der Waals surface area contributed by atoms with E-state index in [1.165, 1.54) is 17.8 Å². The van der Waals surface area contributed by atoms with Gasteiger partial charge in [0.2, 0.25) is 0 Å². The predicted octanol–water partition coefficient (Wildman–Crippen LogP) is 6.53.